The van der Waals surface area contributed by atoms with Crippen LogP contribution >= 0.6 is 12.2 Å². The number of hydrogen-bond acceptors (Lipinski definition) is 6. The van der Waals surface area contributed by atoms with E-state index in [1.165, 1.54) is 16.9 Å². The molecule has 10 heteroatoms. The lowest BCUT2D eigenvalue weighted by Crippen LogP contribution is -2.23. The molecule has 0 aliphatic heterocycles. The molecule has 3 N–H and O–H groups in total. The van der Waals surface area contributed by atoms with Gasteiger partial charge in [0.1, 0.15) is 5.75 Å². The fourth-order valence-electron chi connectivity index (χ4n) is 1.48. The first-order valence-corrected chi connectivity index (χ1v) is 6.44. The number of ether oxygens (including phenoxy) is 1. The molecular weight excluding hydrogens is 308 g/mol. The average Bonchev–Trinajstić information content (AvgIpc) is 2.95. The predicted octanol–water partition coefficient (Wildman–Crippen LogP) is 0.995. The lowest BCUT2D eigenvalue weighted by atomic mass is 10.2. The first kappa shape index (κ1) is 15.4. The van der Waals surface area contributed by atoms with Gasteiger partial charge in [0, 0.05) is 0 Å². The molecule has 0 saturated heterocycles. The highest BCUT2D eigenvalue weighted by Crippen LogP contribution is 2.12. The van der Waals surface area contributed by atoms with Gasteiger partial charge in [0.15, 0.2) is 5.11 Å². The summed E-state index contributed by atoms with van der Waals surface area (Å²) in [4.78, 5) is 9.95. The van der Waals surface area contributed by atoms with E-state index in [4.69, 9.17) is 10.5 Å². The van der Waals surface area contributed by atoms with Crippen molar-refractivity contribution >= 4 is 29.4 Å². The Labute approximate surface area is 130 Å². The zero-order valence-corrected chi connectivity index (χ0v) is 12.1. The Balaban J connectivity index is 1.89. The monoisotopic (exact) mass is 320 g/mol. The first-order valence-electron chi connectivity index (χ1n) is 6.04. The summed E-state index contributed by atoms with van der Waals surface area (Å²) < 4.78 is 6.79. The maximum Gasteiger partial charge on any atom is 0.390 e. The second-order valence-corrected chi connectivity index (χ2v) is 4.49. The van der Waals surface area contributed by atoms with E-state index >= 15 is 0 Å². The number of thiocarbonyl (C=S) groups is 1. The Morgan fingerprint density at radius 1 is 1.50 bits per heavy atom. The van der Waals surface area contributed by atoms with E-state index in [0.29, 0.717) is 5.75 Å². The molecule has 0 bridgehead atoms. The molecule has 0 atom stereocenters. The molecule has 22 heavy (non-hydrogen) atoms. The molecule has 114 valence electrons. The van der Waals surface area contributed by atoms with Crippen LogP contribution in [0.3, 0.4) is 0 Å². The van der Waals surface area contributed by atoms with Crippen molar-refractivity contribution in [3.63, 3.8) is 0 Å². The molecule has 2 aromatic rings. The van der Waals surface area contributed by atoms with E-state index in [1.807, 2.05) is 0 Å². The van der Waals surface area contributed by atoms with E-state index in [1.54, 1.807) is 30.5 Å². The smallest absolute Gasteiger partial charge is 0.390 e. The van der Waals surface area contributed by atoms with Gasteiger partial charge in [0.2, 0.25) is 6.73 Å². The fourth-order valence-corrected chi connectivity index (χ4v) is 1.53. The normalized spacial score (nSPS) is 10.5. The Bertz CT molecular complexity index is 697. The number of nitrogens with zero attached hydrogens (tertiary/aromatic N) is 4. The lowest BCUT2D eigenvalue weighted by molar-refractivity contribution is -0.389. The molecule has 0 fully saturated rings. The number of aromatic nitrogens is 2. The van der Waals surface area contributed by atoms with Crippen molar-refractivity contribution in [3.8, 4) is 5.75 Å². The van der Waals surface area contributed by atoms with Crippen LogP contribution in [0.2, 0.25) is 0 Å². The molecule has 1 aromatic heterocycles. The molecule has 9 nitrogen and oxygen atoms in total. The van der Waals surface area contributed by atoms with Crippen LogP contribution in [0.25, 0.3) is 0 Å². The Hall–Kier alpha value is -3.01. The van der Waals surface area contributed by atoms with Crippen molar-refractivity contribution in [3.05, 3.63) is 52.2 Å². The number of hydrogen-bond donors (Lipinski definition) is 2. The second kappa shape index (κ2) is 7.13. The molecule has 0 spiro atoms. The fraction of sp³-hybridized carbons (Fsp3) is 0.0833. The number of nitrogens with two attached hydrogens (primary N) is 1. The zero-order chi connectivity index (χ0) is 15.9. The number of nitro groups is 1. The number of benzene rings is 1. The summed E-state index contributed by atoms with van der Waals surface area (Å²) in [5, 5.41) is 18.2. The predicted molar refractivity (Wildman–Crippen MR) is 83.5 cm³/mol. The van der Waals surface area contributed by atoms with Gasteiger partial charge in [0.25, 0.3) is 0 Å². The largest absolute Gasteiger partial charge is 0.469 e. The highest BCUT2D eigenvalue weighted by atomic mass is 32.1. The van der Waals surface area contributed by atoms with Gasteiger partial charge < -0.3 is 20.6 Å². The molecule has 0 unspecified atom stereocenters. The summed E-state index contributed by atoms with van der Waals surface area (Å²) in [6.45, 7) is 0.0737. The molecule has 0 saturated carbocycles. The molecule has 1 heterocycles. The van der Waals surface area contributed by atoms with Crippen molar-refractivity contribution in [1.29, 1.82) is 0 Å². The van der Waals surface area contributed by atoms with E-state index in [0.717, 1.165) is 5.56 Å². The van der Waals surface area contributed by atoms with Gasteiger partial charge in [-0.3, -0.25) is 5.43 Å². The molecule has 0 amide bonds. The van der Waals surface area contributed by atoms with Crippen LogP contribution in [-0.2, 0) is 6.73 Å². The topological polar surface area (TPSA) is 121 Å². The van der Waals surface area contributed by atoms with Gasteiger partial charge in [-0.25, -0.2) is 0 Å². The third-order valence-electron chi connectivity index (χ3n) is 2.45. The zero-order valence-electron chi connectivity index (χ0n) is 11.2. The molecule has 0 radical (unpaired) electrons. The average molecular weight is 320 g/mol. The van der Waals surface area contributed by atoms with E-state index in [2.05, 4.69) is 27.8 Å². The van der Waals surface area contributed by atoms with Gasteiger partial charge in [0.05, 0.1) is 23.6 Å². The van der Waals surface area contributed by atoms with Crippen LogP contribution in [0.4, 0.5) is 5.82 Å². The maximum atomic E-state index is 10.5. The van der Waals surface area contributed by atoms with Gasteiger partial charge in [-0.15, -0.1) is 4.68 Å². The van der Waals surface area contributed by atoms with Crippen molar-refractivity contribution in [2.24, 2.45) is 10.8 Å². The van der Waals surface area contributed by atoms with Crippen LogP contribution in [0.15, 0.2) is 41.6 Å². The summed E-state index contributed by atoms with van der Waals surface area (Å²) in [6.07, 6.45) is 3.03. The molecular formula is C12H12N6O3S. The summed E-state index contributed by atoms with van der Waals surface area (Å²) in [5.74, 6) is 0.373. The number of nitrogens with one attached hydrogen (secondary N) is 1. The highest BCUT2D eigenvalue weighted by molar-refractivity contribution is 7.80. The third-order valence-corrected chi connectivity index (χ3v) is 2.54. The van der Waals surface area contributed by atoms with Gasteiger partial charge in [-0.1, -0.05) is 0 Å². The van der Waals surface area contributed by atoms with Crippen molar-refractivity contribution in [2.45, 2.75) is 6.73 Å². The van der Waals surface area contributed by atoms with Crippen LogP contribution in [-0.4, -0.2) is 26.0 Å². The van der Waals surface area contributed by atoms with Crippen molar-refractivity contribution in [1.82, 2.24) is 15.2 Å². The van der Waals surface area contributed by atoms with E-state index in [9.17, 15) is 10.1 Å². The minimum atomic E-state index is -0.564. The summed E-state index contributed by atoms with van der Waals surface area (Å²) in [6, 6.07) is 8.34. The number of rotatable bonds is 6. The molecule has 0 aliphatic rings. The van der Waals surface area contributed by atoms with Gasteiger partial charge in [-0.05, 0) is 47.0 Å². The summed E-state index contributed by atoms with van der Waals surface area (Å²) in [7, 11) is 0. The molecule has 0 aliphatic carbocycles. The van der Waals surface area contributed by atoms with E-state index in [-0.39, 0.29) is 17.7 Å². The summed E-state index contributed by atoms with van der Waals surface area (Å²) in [5.41, 5.74) is 8.50. The molecule has 2 rings (SSSR count). The maximum absolute atomic E-state index is 10.5. The second-order valence-electron chi connectivity index (χ2n) is 4.05. The molecule has 1 aromatic carbocycles. The first-order chi connectivity index (χ1) is 10.5. The quantitative estimate of drug-likeness (QED) is 0.352. The SMILES string of the molecule is NC(=S)NN=Cc1ccc(OCn2ccc([N+](=O)[O-])n2)cc1. The number of hydrazone groups is 1. The minimum Gasteiger partial charge on any atom is -0.469 e. The minimum absolute atomic E-state index is 0.0737. The standard InChI is InChI=1S/C12H12N6O3S/c13-12(22)15-14-7-9-1-3-10(4-2-9)21-8-17-6-5-11(16-17)18(19)20/h1-7H,8H2,(H3,13,15,22). The van der Waals surface area contributed by atoms with Crippen LogP contribution < -0.4 is 15.9 Å². The van der Waals surface area contributed by atoms with Crippen LogP contribution in [0.1, 0.15) is 5.56 Å². The van der Waals surface area contributed by atoms with E-state index < -0.39 is 4.92 Å². The Kier molecular flexibility index (Phi) is 4.98. The van der Waals surface area contributed by atoms with Crippen molar-refractivity contribution in [2.75, 3.05) is 0 Å². The lowest BCUT2D eigenvalue weighted by Gasteiger charge is -2.04. The van der Waals surface area contributed by atoms with Crippen LogP contribution in [0, 0.1) is 10.1 Å². The van der Waals surface area contributed by atoms with Crippen LogP contribution in [0.5, 0.6) is 5.75 Å². The van der Waals surface area contributed by atoms with Gasteiger partial charge in [-0.2, -0.15) is 5.10 Å². The third kappa shape index (κ3) is 4.52. The highest BCUT2D eigenvalue weighted by Gasteiger charge is 2.10. The summed E-state index contributed by atoms with van der Waals surface area (Å²) >= 11 is 4.61. The van der Waals surface area contributed by atoms with Gasteiger partial charge >= 0.3 is 5.82 Å². The Morgan fingerprint density at radius 3 is 2.82 bits per heavy atom. The Morgan fingerprint density at radius 2 is 2.23 bits per heavy atom. The van der Waals surface area contributed by atoms with Crippen molar-refractivity contribution < 1.29 is 9.66 Å².